The number of ether oxygens (including phenoxy) is 2. The van der Waals surface area contributed by atoms with E-state index in [1.807, 2.05) is 54.2 Å². The van der Waals surface area contributed by atoms with E-state index in [1.165, 1.54) is 6.07 Å². The van der Waals surface area contributed by atoms with Crippen molar-refractivity contribution in [2.45, 2.75) is 32.5 Å². The zero-order valence-electron chi connectivity index (χ0n) is 22.1. The summed E-state index contributed by atoms with van der Waals surface area (Å²) in [4.78, 5) is 23.8. The quantitative estimate of drug-likeness (QED) is 0.200. The monoisotopic (exact) mass is 548 g/mol. The molecule has 39 heavy (non-hydrogen) atoms. The summed E-state index contributed by atoms with van der Waals surface area (Å²) < 4.78 is 14.5. The molecule has 4 rings (SSSR count). The Bertz CT molecular complexity index is 1560. The van der Waals surface area contributed by atoms with Crippen LogP contribution in [0.4, 0.5) is 0 Å². The summed E-state index contributed by atoms with van der Waals surface area (Å²) >= 11 is 1.01. The highest BCUT2D eigenvalue weighted by Gasteiger charge is 2.20. The maximum Gasteiger partial charge on any atom is 0.342 e. The summed E-state index contributed by atoms with van der Waals surface area (Å²) in [6.07, 6.45) is 1.59. The molecule has 0 spiro atoms. The molecule has 4 aromatic rings. The summed E-state index contributed by atoms with van der Waals surface area (Å²) in [5, 5.41) is 28.5. The number of hydrogen-bond acceptors (Lipinski definition) is 7. The number of thioether (sulfide) groups is 1. The van der Waals surface area contributed by atoms with Crippen LogP contribution in [0.25, 0.3) is 23.2 Å². The van der Waals surface area contributed by atoms with Gasteiger partial charge in [0.05, 0.1) is 19.8 Å². The van der Waals surface area contributed by atoms with Crippen LogP contribution in [0.3, 0.4) is 0 Å². The largest absolute Gasteiger partial charge is 0.497 e. The molecular formula is C28H28N4O6S. The van der Waals surface area contributed by atoms with Crippen molar-refractivity contribution in [3.63, 3.8) is 0 Å². The third-order valence-corrected chi connectivity index (χ3v) is 7.16. The fourth-order valence-electron chi connectivity index (χ4n) is 4.28. The zero-order valence-corrected chi connectivity index (χ0v) is 22.9. The van der Waals surface area contributed by atoms with E-state index in [9.17, 15) is 19.8 Å². The van der Waals surface area contributed by atoms with Crippen LogP contribution in [0.15, 0.2) is 58.6 Å². The number of aromatic nitrogens is 4. The highest BCUT2D eigenvalue weighted by atomic mass is 32.2. The summed E-state index contributed by atoms with van der Waals surface area (Å²) in [5.74, 6) is -0.374. The van der Waals surface area contributed by atoms with Crippen molar-refractivity contribution in [3.8, 4) is 28.6 Å². The lowest BCUT2D eigenvalue weighted by molar-refractivity contribution is -0.131. The maximum atomic E-state index is 12.3. The second-order valence-corrected chi connectivity index (χ2v) is 9.59. The average molecular weight is 549 g/mol. The molecule has 2 N–H and O–H groups in total. The summed E-state index contributed by atoms with van der Waals surface area (Å²) in [6.45, 7) is 6.18. The number of nitrogens with zero attached hydrogens (tertiary/aromatic N) is 4. The Kier molecular flexibility index (Phi) is 8.10. The van der Waals surface area contributed by atoms with Crippen molar-refractivity contribution in [1.82, 2.24) is 19.3 Å². The molecule has 0 radical (unpaired) electrons. The van der Waals surface area contributed by atoms with E-state index >= 15 is 0 Å². The van der Waals surface area contributed by atoms with Crippen LogP contribution in [-0.4, -0.2) is 55.7 Å². The minimum absolute atomic E-state index is 0.0615. The number of methoxy groups -OCH3 is 2. The van der Waals surface area contributed by atoms with Crippen LogP contribution in [0, 0.1) is 13.8 Å². The van der Waals surface area contributed by atoms with Crippen LogP contribution >= 0.6 is 11.8 Å². The van der Waals surface area contributed by atoms with Crippen molar-refractivity contribution in [2.24, 2.45) is 0 Å². The molecule has 0 amide bonds. The minimum atomic E-state index is -1.10. The molecule has 0 unspecified atom stereocenters. The van der Waals surface area contributed by atoms with Gasteiger partial charge in [-0.3, -0.25) is 0 Å². The molecule has 0 fully saturated rings. The normalized spacial score (nSPS) is 11.5. The van der Waals surface area contributed by atoms with Crippen molar-refractivity contribution in [3.05, 3.63) is 76.0 Å². The first-order chi connectivity index (χ1) is 18.7. The molecule has 2 aromatic heterocycles. The van der Waals surface area contributed by atoms with Gasteiger partial charge in [-0.25, -0.2) is 9.59 Å². The van der Waals surface area contributed by atoms with E-state index in [4.69, 9.17) is 9.47 Å². The fraction of sp³-hybridized carbons (Fsp3) is 0.214. The van der Waals surface area contributed by atoms with Gasteiger partial charge in [0.25, 0.3) is 0 Å². The standard InChI is InChI=1S/C28H28N4O6S/c1-6-31-25(20-12-22(37-4)15-23(13-20)38-5)29-30-28(31)39-24(27(35)36)14-19-10-16(2)32(17(19)3)21-9-7-8-18(11-21)26(33)34/h7-15H,6H2,1-5H3,(H,33,34)(H,35,36)/b24-14-. The van der Waals surface area contributed by atoms with Gasteiger partial charge in [0.15, 0.2) is 11.0 Å². The minimum Gasteiger partial charge on any atom is -0.497 e. The first kappa shape index (κ1) is 27.5. The molecule has 0 aliphatic carbocycles. The molecule has 0 saturated heterocycles. The van der Waals surface area contributed by atoms with E-state index in [0.29, 0.717) is 40.3 Å². The van der Waals surface area contributed by atoms with Gasteiger partial charge < -0.3 is 28.8 Å². The lowest BCUT2D eigenvalue weighted by Crippen LogP contribution is -2.04. The molecule has 0 atom stereocenters. The first-order valence-corrected chi connectivity index (χ1v) is 12.8. The Labute approximate surface area is 229 Å². The predicted molar refractivity (Wildman–Crippen MR) is 148 cm³/mol. The van der Waals surface area contributed by atoms with Crippen LogP contribution in [-0.2, 0) is 11.3 Å². The van der Waals surface area contributed by atoms with E-state index in [1.54, 1.807) is 38.5 Å². The molecule has 10 nitrogen and oxygen atoms in total. The second kappa shape index (κ2) is 11.5. The predicted octanol–water partition coefficient (Wildman–Crippen LogP) is 5.31. The number of hydrogen-bond donors (Lipinski definition) is 2. The van der Waals surface area contributed by atoms with E-state index in [-0.39, 0.29) is 10.5 Å². The van der Waals surface area contributed by atoms with E-state index < -0.39 is 11.9 Å². The van der Waals surface area contributed by atoms with E-state index in [2.05, 4.69) is 10.2 Å². The molecule has 0 bridgehead atoms. The molecule has 11 heteroatoms. The number of carboxylic acids is 2. The number of rotatable bonds is 10. The molecular weight excluding hydrogens is 520 g/mol. The topological polar surface area (TPSA) is 129 Å². The summed E-state index contributed by atoms with van der Waals surface area (Å²) in [7, 11) is 3.13. The first-order valence-electron chi connectivity index (χ1n) is 12.0. The third kappa shape index (κ3) is 5.68. The van der Waals surface area contributed by atoms with Gasteiger partial charge in [-0.1, -0.05) is 6.07 Å². The summed E-state index contributed by atoms with van der Waals surface area (Å²) in [6, 6.07) is 13.9. The molecule has 0 saturated carbocycles. The van der Waals surface area contributed by atoms with Crippen LogP contribution < -0.4 is 9.47 Å². The number of carboxylic acid groups (broad SMARTS) is 2. The van der Waals surface area contributed by atoms with Crippen LogP contribution in [0.5, 0.6) is 11.5 Å². The number of carbonyl (C=O) groups is 2. The number of benzene rings is 2. The van der Waals surface area contributed by atoms with Gasteiger partial charge in [-0.15, -0.1) is 10.2 Å². The Hall–Kier alpha value is -4.51. The second-order valence-electron chi connectivity index (χ2n) is 8.58. The van der Waals surface area contributed by atoms with Crippen LogP contribution in [0.2, 0.25) is 0 Å². The zero-order chi connectivity index (χ0) is 28.3. The van der Waals surface area contributed by atoms with Crippen molar-refractivity contribution in [2.75, 3.05) is 14.2 Å². The van der Waals surface area contributed by atoms with E-state index in [0.717, 1.165) is 28.7 Å². The van der Waals surface area contributed by atoms with Gasteiger partial charge in [0, 0.05) is 35.2 Å². The van der Waals surface area contributed by atoms with Crippen molar-refractivity contribution < 1.29 is 29.3 Å². The fourth-order valence-corrected chi connectivity index (χ4v) is 5.16. The lowest BCUT2D eigenvalue weighted by atomic mass is 10.2. The van der Waals surface area contributed by atoms with Gasteiger partial charge >= 0.3 is 11.9 Å². The maximum absolute atomic E-state index is 12.3. The molecule has 0 aliphatic rings. The average Bonchev–Trinajstić information content (AvgIpc) is 3.46. The van der Waals surface area contributed by atoms with Gasteiger partial charge in [0.1, 0.15) is 16.4 Å². The number of aromatic carboxylic acids is 1. The van der Waals surface area contributed by atoms with Gasteiger partial charge in [-0.05, 0) is 80.6 Å². The highest BCUT2D eigenvalue weighted by Crippen LogP contribution is 2.34. The molecule has 2 heterocycles. The van der Waals surface area contributed by atoms with Gasteiger partial charge in [0.2, 0.25) is 0 Å². The Morgan fingerprint density at radius 3 is 2.28 bits per heavy atom. The molecule has 0 aliphatic heterocycles. The van der Waals surface area contributed by atoms with Crippen molar-refractivity contribution >= 4 is 29.8 Å². The van der Waals surface area contributed by atoms with Gasteiger partial charge in [-0.2, -0.15) is 0 Å². The number of aryl methyl sites for hydroxylation is 1. The number of aliphatic carboxylic acids is 1. The molecule has 202 valence electrons. The molecule has 2 aromatic carbocycles. The third-order valence-electron chi connectivity index (χ3n) is 6.16. The highest BCUT2D eigenvalue weighted by molar-refractivity contribution is 8.04. The Balaban J connectivity index is 1.72. The SMILES string of the molecule is CCn1c(S/C(=C\c2cc(C)n(-c3cccc(C(=O)O)c3)c2C)C(=O)O)nnc1-c1cc(OC)cc(OC)c1. The lowest BCUT2D eigenvalue weighted by Gasteiger charge is -2.11. The smallest absolute Gasteiger partial charge is 0.342 e. The summed E-state index contributed by atoms with van der Waals surface area (Å²) in [5.41, 5.74) is 3.87. The van der Waals surface area contributed by atoms with Crippen molar-refractivity contribution in [1.29, 1.82) is 0 Å². The van der Waals surface area contributed by atoms with Crippen LogP contribution in [0.1, 0.15) is 34.2 Å². The Morgan fingerprint density at radius 1 is 1.00 bits per heavy atom. The Morgan fingerprint density at radius 2 is 1.69 bits per heavy atom.